The highest BCUT2D eigenvalue weighted by molar-refractivity contribution is 5.96. The minimum absolute atomic E-state index is 0.119. The lowest BCUT2D eigenvalue weighted by atomic mass is 10.0. The van der Waals surface area contributed by atoms with E-state index in [1.165, 1.54) is 5.56 Å². The second-order valence-electron chi connectivity index (χ2n) is 5.29. The fourth-order valence-electron chi connectivity index (χ4n) is 2.13. The van der Waals surface area contributed by atoms with Gasteiger partial charge in [-0.25, -0.2) is 0 Å². The van der Waals surface area contributed by atoms with Crippen molar-refractivity contribution in [3.05, 3.63) is 23.8 Å². The van der Waals surface area contributed by atoms with E-state index in [1.807, 2.05) is 25.1 Å². The van der Waals surface area contributed by atoms with Crippen molar-refractivity contribution in [3.63, 3.8) is 0 Å². The third-order valence-corrected chi connectivity index (χ3v) is 3.71. The summed E-state index contributed by atoms with van der Waals surface area (Å²) < 4.78 is 5.55. The van der Waals surface area contributed by atoms with Gasteiger partial charge in [0, 0.05) is 11.1 Å². The molecule has 1 aliphatic carbocycles. The molecule has 2 aliphatic rings. The summed E-state index contributed by atoms with van der Waals surface area (Å²) in [6.07, 6.45) is 4.11. The van der Waals surface area contributed by atoms with Gasteiger partial charge in [0.25, 0.3) is 0 Å². The standard InChI is InChI=1S/C14H17NO2/c1-14(6-7-14)13(16)15-11-4-5-12-10(9-11)3-2-8-17-12/h4-5,9H,2-3,6-8H2,1H3,(H,15,16). The third-order valence-electron chi connectivity index (χ3n) is 3.71. The van der Waals surface area contributed by atoms with E-state index in [0.29, 0.717) is 0 Å². The molecule has 0 radical (unpaired) electrons. The van der Waals surface area contributed by atoms with Crippen molar-refractivity contribution in [2.45, 2.75) is 32.6 Å². The van der Waals surface area contributed by atoms with Gasteiger partial charge < -0.3 is 10.1 Å². The summed E-state index contributed by atoms with van der Waals surface area (Å²) in [7, 11) is 0. The first-order valence-electron chi connectivity index (χ1n) is 6.25. The Morgan fingerprint density at radius 1 is 1.41 bits per heavy atom. The molecule has 1 aromatic rings. The number of rotatable bonds is 2. The minimum atomic E-state index is -0.119. The van der Waals surface area contributed by atoms with Crippen LogP contribution in [0.1, 0.15) is 31.7 Å². The third kappa shape index (κ3) is 2.02. The fourth-order valence-corrected chi connectivity index (χ4v) is 2.13. The lowest BCUT2D eigenvalue weighted by Gasteiger charge is -2.18. The van der Waals surface area contributed by atoms with E-state index in [-0.39, 0.29) is 11.3 Å². The van der Waals surface area contributed by atoms with E-state index < -0.39 is 0 Å². The van der Waals surface area contributed by atoms with Crippen LogP contribution in [0.4, 0.5) is 5.69 Å². The SMILES string of the molecule is CC1(C(=O)Nc2ccc3c(c2)CCCO3)CC1. The van der Waals surface area contributed by atoms with Crippen LogP contribution in [0.2, 0.25) is 0 Å². The Morgan fingerprint density at radius 2 is 2.24 bits per heavy atom. The first-order valence-corrected chi connectivity index (χ1v) is 6.25. The molecule has 0 saturated heterocycles. The predicted octanol–water partition coefficient (Wildman–Crippen LogP) is 2.75. The summed E-state index contributed by atoms with van der Waals surface area (Å²) in [5, 5.41) is 3.00. The van der Waals surface area contributed by atoms with E-state index in [2.05, 4.69) is 5.32 Å². The Labute approximate surface area is 101 Å². The topological polar surface area (TPSA) is 38.3 Å². The van der Waals surface area contributed by atoms with Crippen LogP contribution in [0.25, 0.3) is 0 Å². The minimum Gasteiger partial charge on any atom is -0.493 e. The Kier molecular flexibility index (Phi) is 2.35. The van der Waals surface area contributed by atoms with E-state index in [4.69, 9.17) is 4.74 Å². The highest BCUT2D eigenvalue weighted by Gasteiger charge is 2.44. The highest BCUT2D eigenvalue weighted by atomic mass is 16.5. The fraction of sp³-hybridized carbons (Fsp3) is 0.500. The van der Waals surface area contributed by atoms with Crippen molar-refractivity contribution in [3.8, 4) is 5.75 Å². The lowest BCUT2D eigenvalue weighted by Crippen LogP contribution is -2.21. The quantitative estimate of drug-likeness (QED) is 0.850. The van der Waals surface area contributed by atoms with Gasteiger partial charge in [0.1, 0.15) is 5.75 Å². The number of ether oxygens (including phenoxy) is 1. The molecule has 3 heteroatoms. The van der Waals surface area contributed by atoms with Crippen LogP contribution >= 0.6 is 0 Å². The molecule has 0 atom stereocenters. The lowest BCUT2D eigenvalue weighted by molar-refractivity contribution is -0.120. The van der Waals surface area contributed by atoms with Gasteiger partial charge in [-0.2, -0.15) is 0 Å². The molecule has 1 aliphatic heterocycles. The van der Waals surface area contributed by atoms with Crippen molar-refractivity contribution >= 4 is 11.6 Å². The summed E-state index contributed by atoms with van der Waals surface area (Å²) in [6, 6.07) is 5.92. The largest absolute Gasteiger partial charge is 0.493 e. The van der Waals surface area contributed by atoms with Gasteiger partial charge in [-0.3, -0.25) is 4.79 Å². The van der Waals surface area contributed by atoms with E-state index in [0.717, 1.165) is 43.7 Å². The van der Waals surface area contributed by atoms with Crippen LogP contribution in [-0.4, -0.2) is 12.5 Å². The van der Waals surface area contributed by atoms with E-state index in [1.54, 1.807) is 0 Å². The van der Waals surface area contributed by atoms with E-state index in [9.17, 15) is 4.79 Å². The van der Waals surface area contributed by atoms with Crippen molar-refractivity contribution < 1.29 is 9.53 Å². The van der Waals surface area contributed by atoms with E-state index >= 15 is 0 Å². The van der Waals surface area contributed by atoms with Crippen molar-refractivity contribution in [1.29, 1.82) is 0 Å². The average molecular weight is 231 g/mol. The maximum atomic E-state index is 11.9. The van der Waals surface area contributed by atoms with Gasteiger partial charge in [0.2, 0.25) is 5.91 Å². The first-order chi connectivity index (χ1) is 8.17. The Balaban J connectivity index is 1.77. The van der Waals surface area contributed by atoms with Gasteiger partial charge in [0.05, 0.1) is 6.61 Å². The molecule has 0 aromatic heterocycles. The molecule has 1 aromatic carbocycles. The van der Waals surface area contributed by atoms with Crippen LogP contribution in [-0.2, 0) is 11.2 Å². The normalized spacial score (nSPS) is 20.1. The Morgan fingerprint density at radius 3 is 3.00 bits per heavy atom. The van der Waals surface area contributed by atoms with Crippen molar-refractivity contribution in [2.24, 2.45) is 5.41 Å². The molecule has 1 saturated carbocycles. The summed E-state index contributed by atoms with van der Waals surface area (Å²) >= 11 is 0. The molecule has 0 bridgehead atoms. The van der Waals surface area contributed by atoms with Gasteiger partial charge in [-0.15, -0.1) is 0 Å². The summed E-state index contributed by atoms with van der Waals surface area (Å²) in [5.74, 6) is 1.11. The van der Waals surface area contributed by atoms with Gasteiger partial charge >= 0.3 is 0 Å². The number of hydrogen-bond donors (Lipinski definition) is 1. The second-order valence-corrected chi connectivity index (χ2v) is 5.29. The number of nitrogens with one attached hydrogen (secondary N) is 1. The van der Waals surface area contributed by atoms with Crippen molar-refractivity contribution in [2.75, 3.05) is 11.9 Å². The maximum Gasteiger partial charge on any atom is 0.230 e. The van der Waals surface area contributed by atoms with Gasteiger partial charge in [-0.1, -0.05) is 6.92 Å². The zero-order valence-corrected chi connectivity index (χ0v) is 10.1. The van der Waals surface area contributed by atoms with Crippen LogP contribution < -0.4 is 10.1 Å². The van der Waals surface area contributed by atoms with Crippen LogP contribution in [0.15, 0.2) is 18.2 Å². The summed E-state index contributed by atoms with van der Waals surface area (Å²) in [4.78, 5) is 11.9. The molecule has 1 amide bonds. The molecular formula is C14H17NO2. The van der Waals surface area contributed by atoms with Gasteiger partial charge in [-0.05, 0) is 49.4 Å². The molecule has 3 nitrogen and oxygen atoms in total. The molecular weight excluding hydrogens is 214 g/mol. The molecule has 0 unspecified atom stereocenters. The number of carbonyl (C=O) groups is 1. The summed E-state index contributed by atoms with van der Waals surface area (Å²) in [5.41, 5.74) is 1.98. The number of anilines is 1. The zero-order chi connectivity index (χ0) is 11.9. The van der Waals surface area contributed by atoms with Crippen LogP contribution in [0.5, 0.6) is 5.75 Å². The molecule has 1 fully saturated rings. The van der Waals surface area contributed by atoms with Crippen LogP contribution in [0.3, 0.4) is 0 Å². The molecule has 0 spiro atoms. The highest BCUT2D eigenvalue weighted by Crippen LogP contribution is 2.45. The average Bonchev–Trinajstić information content (AvgIpc) is 3.09. The molecule has 90 valence electrons. The number of benzene rings is 1. The smallest absolute Gasteiger partial charge is 0.230 e. The first kappa shape index (κ1) is 10.6. The molecule has 1 heterocycles. The Bertz CT molecular complexity index is 463. The predicted molar refractivity (Wildman–Crippen MR) is 66.2 cm³/mol. The molecule has 3 rings (SSSR count). The van der Waals surface area contributed by atoms with Gasteiger partial charge in [0.15, 0.2) is 0 Å². The maximum absolute atomic E-state index is 11.9. The number of carbonyl (C=O) groups excluding carboxylic acids is 1. The van der Waals surface area contributed by atoms with Crippen LogP contribution in [0, 0.1) is 5.41 Å². The zero-order valence-electron chi connectivity index (χ0n) is 10.1. The second kappa shape index (κ2) is 3.76. The summed E-state index contributed by atoms with van der Waals surface area (Å²) in [6.45, 7) is 2.82. The number of amides is 1. The Hall–Kier alpha value is -1.51. The number of fused-ring (bicyclic) bond motifs is 1. The monoisotopic (exact) mass is 231 g/mol. The number of hydrogen-bond acceptors (Lipinski definition) is 2. The molecule has 1 N–H and O–H groups in total. The van der Waals surface area contributed by atoms with Crippen molar-refractivity contribution in [1.82, 2.24) is 0 Å². The molecule has 17 heavy (non-hydrogen) atoms. The number of aryl methyl sites for hydroxylation is 1.